The van der Waals surface area contributed by atoms with Gasteiger partial charge in [0.05, 0.1) is 22.7 Å². The molecular formula is C19H17ClN6OS. The quantitative estimate of drug-likeness (QED) is 0.613. The second-order valence-corrected chi connectivity index (χ2v) is 7.64. The maximum Gasteiger partial charge on any atom is 0.234 e. The molecule has 0 aliphatic carbocycles. The van der Waals surface area contributed by atoms with Crippen molar-refractivity contribution in [2.75, 3.05) is 11.1 Å². The van der Waals surface area contributed by atoms with Crippen LogP contribution >= 0.6 is 23.4 Å². The van der Waals surface area contributed by atoms with Crippen LogP contribution in [0.15, 0.2) is 47.6 Å². The highest BCUT2D eigenvalue weighted by molar-refractivity contribution is 7.99. The molecule has 0 radical (unpaired) electrons. The average molecular weight is 413 g/mol. The molecule has 0 bridgehead atoms. The van der Waals surface area contributed by atoms with Crippen LogP contribution in [0.4, 0.5) is 5.69 Å². The summed E-state index contributed by atoms with van der Waals surface area (Å²) >= 11 is 7.14. The van der Waals surface area contributed by atoms with Crippen LogP contribution in [0.25, 0.3) is 5.69 Å². The van der Waals surface area contributed by atoms with Gasteiger partial charge in [-0.05, 0) is 52.2 Å². The molecule has 0 atom stereocenters. The summed E-state index contributed by atoms with van der Waals surface area (Å²) in [5, 5.41) is 24.5. The van der Waals surface area contributed by atoms with Crippen LogP contribution < -0.4 is 5.32 Å². The van der Waals surface area contributed by atoms with E-state index in [4.69, 9.17) is 16.9 Å². The normalized spacial score (nSPS) is 10.7. The van der Waals surface area contributed by atoms with Gasteiger partial charge in [-0.15, -0.1) is 5.10 Å². The maximum atomic E-state index is 12.3. The number of halogens is 1. The van der Waals surface area contributed by atoms with Crippen LogP contribution in [0.5, 0.6) is 0 Å². The molecule has 9 heteroatoms. The lowest BCUT2D eigenvalue weighted by Gasteiger charge is -2.09. The van der Waals surface area contributed by atoms with Crippen molar-refractivity contribution >= 4 is 35.0 Å². The Labute approximate surface area is 171 Å². The summed E-state index contributed by atoms with van der Waals surface area (Å²) in [6.07, 6.45) is 0. The van der Waals surface area contributed by atoms with E-state index in [1.807, 2.05) is 30.3 Å². The van der Waals surface area contributed by atoms with Gasteiger partial charge in [-0.3, -0.25) is 4.79 Å². The van der Waals surface area contributed by atoms with Crippen LogP contribution in [0.3, 0.4) is 0 Å². The smallest absolute Gasteiger partial charge is 0.234 e. The van der Waals surface area contributed by atoms with Crippen LogP contribution in [0.2, 0.25) is 5.02 Å². The van der Waals surface area contributed by atoms with Crippen LogP contribution in [-0.4, -0.2) is 31.9 Å². The minimum absolute atomic E-state index is 0.0852. The van der Waals surface area contributed by atoms with Gasteiger partial charge in [0.2, 0.25) is 11.1 Å². The van der Waals surface area contributed by atoms with Crippen molar-refractivity contribution < 1.29 is 4.79 Å². The molecule has 1 N–H and O–H groups in total. The number of thioether (sulfide) groups is 1. The lowest BCUT2D eigenvalue weighted by molar-refractivity contribution is -0.113. The second kappa shape index (κ2) is 8.87. The molecule has 0 spiro atoms. The van der Waals surface area contributed by atoms with Crippen molar-refractivity contribution in [1.82, 2.24) is 20.2 Å². The molecule has 7 nitrogen and oxygen atoms in total. The number of aromatic nitrogens is 4. The molecule has 3 rings (SSSR count). The number of carbonyl (C=O) groups excluding carboxylic acids is 1. The fourth-order valence-electron chi connectivity index (χ4n) is 2.47. The van der Waals surface area contributed by atoms with Crippen molar-refractivity contribution in [2.45, 2.75) is 24.9 Å². The first kappa shape index (κ1) is 19.9. The summed E-state index contributed by atoms with van der Waals surface area (Å²) in [6.45, 7) is 4.26. The average Bonchev–Trinajstić information content (AvgIpc) is 3.15. The minimum Gasteiger partial charge on any atom is -0.324 e. The Hall–Kier alpha value is -2.89. The number of hydrogen-bond donors (Lipinski definition) is 1. The Bertz CT molecular complexity index is 1030. The van der Waals surface area contributed by atoms with E-state index in [1.54, 1.807) is 22.9 Å². The highest BCUT2D eigenvalue weighted by atomic mass is 35.5. The summed E-state index contributed by atoms with van der Waals surface area (Å²) < 4.78 is 1.59. The molecule has 3 aromatic rings. The van der Waals surface area contributed by atoms with Gasteiger partial charge in [0.1, 0.15) is 6.07 Å². The minimum atomic E-state index is -0.284. The summed E-state index contributed by atoms with van der Waals surface area (Å²) in [5.74, 6) is 0.237. The molecule has 0 aliphatic rings. The molecule has 142 valence electrons. The summed E-state index contributed by atoms with van der Waals surface area (Å²) in [5.41, 5.74) is 2.77. The number of hydrogen-bond acceptors (Lipinski definition) is 6. The molecule has 0 fully saturated rings. The molecule has 28 heavy (non-hydrogen) atoms. The number of nitriles is 1. The summed E-state index contributed by atoms with van der Waals surface area (Å²) in [6, 6.07) is 14.7. The van der Waals surface area contributed by atoms with Crippen molar-refractivity contribution in [1.29, 1.82) is 5.26 Å². The van der Waals surface area contributed by atoms with Crippen molar-refractivity contribution in [3.8, 4) is 11.8 Å². The Morgan fingerprint density at radius 3 is 2.71 bits per heavy atom. The van der Waals surface area contributed by atoms with Gasteiger partial charge >= 0.3 is 0 Å². The summed E-state index contributed by atoms with van der Waals surface area (Å²) in [7, 11) is 0. The number of carbonyl (C=O) groups is 1. The van der Waals surface area contributed by atoms with E-state index >= 15 is 0 Å². The van der Waals surface area contributed by atoms with Crippen molar-refractivity contribution in [3.63, 3.8) is 0 Å². The number of benzene rings is 2. The van der Waals surface area contributed by atoms with Gasteiger partial charge in [-0.1, -0.05) is 49.3 Å². The fraction of sp³-hybridized carbons (Fsp3) is 0.211. The zero-order valence-electron chi connectivity index (χ0n) is 15.3. The van der Waals surface area contributed by atoms with Gasteiger partial charge < -0.3 is 5.32 Å². The first-order valence-electron chi connectivity index (χ1n) is 8.49. The lowest BCUT2D eigenvalue weighted by atomic mass is 10.0. The fourth-order valence-corrected chi connectivity index (χ4v) is 3.33. The Morgan fingerprint density at radius 2 is 2.04 bits per heavy atom. The van der Waals surface area contributed by atoms with Gasteiger partial charge in [-0.25, -0.2) is 0 Å². The zero-order valence-corrected chi connectivity index (χ0v) is 16.8. The standard InChI is InChI=1S/C19H17ClN6OS/c1-12(2)13-4-7-16(8-5-13)26-19(23-24-25-26)28-11-18(27)22-17-9-15(20)6-3-14(17)10-21/h3-9,12H,11H2,1-2H3,(H,22,27). The molecule has 0 saturated heterocycles. The third kappa shape index (κ3) is 4.68. The van der Waals surface area contributed by atoms with Crippen LogP contribution in [-0.2, 0) is 4.79 Å². The predicted molar refractivity (Wildman–Crippen MR) is 109 cm³/mol. The number of anilines is 1. The van der Waals surface area contributed by atoms with Gasteiger partial charge in [0.25, 0.3) is 0 Å². The van der Waals surface area contributed by atoms with E-state index in [0.29, 0.717) is 27.3 Å². The number of tetrazole rings is 1. The zero-order chi connectivity index (χ0) is 20.1. The summed E-state index contributed by atoms with van der Waals surface area (Å²) in [4.78, 5) is 12.3. The third-order valence-corrected chi connectivity index (χ3v) is 5.11. The highest BCUT2D eigenvalue weighted by Gasteiger charge is 2.13. The van der Waals surface area contributed by atoms with Gasteiger partial charge in [-0.2, -0.15) is 9.94 Å². The molecule has 2 aromatic carbocycles. The maximum absolute atomic E-state index is 12.3. The first-order valence-corrected chi connectivity index (χ1v) is 9.85. The number of amides is 1. The van der Waals surface area contributed by atoms with E-state index in [2.05, 4.69) is 34.7 Å². The molecule has 1 amide bonds. The van der Waals surface area contributed by atoms with Crippen molar-refractivity contribution in [2.24, 2.45) is 0 Å². The van der Waals surface area contributed by atoms with E-state index in [9.17, 15) is 4.79 Å². The van der Waals surface area contributed by atoms with E-state index in [1.165, 1.54) is 17.3 Å². The van der Waals surface area contributed by atoms with Crippen LogP contribution in [0, 0.1) is 11.3 Å². The predicted octanol–water partition coefficient (Wildman–Crippen LogP) is 4.04. The largest absolute Gasteiger partial charge is 0.324 e. The van der Waals surface area contributed by atoms with Crippen LogP contribution in [0.1, 0.15) is 30.9 Å². The molecule has 0 aliphatic heterocycles. The van der Waals surface area contributed by atoms with E-state index in [0.717, 1.165) is 5.69 Å². The lowest BCUT2D eigenvalue weighted by Crippen LogP contribution is -2.15. The Balaban J connectivity index is 1.68. The molecular weight excluding hydrogens is 396 g/mol. The third-order valence-electron chi connectivity index (χ3n) is 3.95. The molecule has 0 saturated carbocycles. The molecule has 1 heterocycles. The van der Waals surface area contributed by atoms with E-state index in [-0.39, 0.29) is 11.7 Å². The van der Waals surface area contributed by atoms with Gasteiger partial charge in [0, 0.05) is 5.02 Å². The Morgan fingerprint density at radius 1 is 1.29 bits per heavy atom. The van der Waals surface area contributed by atoms with Crippen molar-refractivity contribution in [3.05, 3.63) is 58.6 Å². The monoisotopic (exact) mass is 412 g/mol. The number of nitrogens with one attached hydrogen (secondary N) is 1. The highest BCUT2D eigenvalue weighted by Crippen LogP contribution is 2.23. The van der Waals surface area contributed by atoms with Gasteiger partial charge in [0.15, 0.2) is 0 Å². The topological polar surface area (TPSA) is 96.5 Å². The molecule has 1 aromatic heterocycles. The number of nitrogens with zero attached hydrogens (tertiary/aromatic N) is 5. The number of rotatable bonds is 6. The second-order valence-electron chi connectivity index (χ2n) is 6.26. The SMILES string of the molecule is CC(C)c1ccc(-n2nnnc2SCC(=O)Nc2cc(Cl)ccc2C#N)cc1. The Kier molecular flexibility index (Phi) is 6.29. The molecule has 0 unspecified atom stereocenters. The van der Waals surface area contributed by atoms with E-state index < -0.39 is 0 Å². The first-order chi connectivity index (χ1) is 13.5.